The zero-order valence-electron chi connectivity index (χ0n) is 29.1. The van der Waals surface area contributed by atoms with E-state index in [-0.39, 0.29) is 37.2 Å². The molecular formula is C38H66O7. The highest BCUT2D eigenvalue weighted by Gasteiger charge is 2.44. The lowest BCUT2D eigenvalue weighted by molar-refractivity contribution is -0.143. The largest absolute Gasteiger partial charge is 0.466 e. The molecule has 3 saturated carbocycles. The van der Waals surface area contributed by atoms with Gasteiger partial charge >= 0.3 is 11.9 Å². The van der Waals surface area contributed by atoms with Crippen LogP contribution in [0.4, 0.5) is 0 Å². The summed E-state index contributed by atoms with van der Waals surface area (Å²) in [5, 5.41) is 19.2. The molecule has 7 unspecified atom stereocenters. The lowest BCUT2D eigenvalue weighted by atomic mass is 9.59. The van der Waals surface area contributed by atoms with Gasteiger partial charge in [0.15, 0.2) is 0 Å². The minimum Gasteiger partial charge on any atom is -0.466 e. The highest BCUT2D eigenvalue weighted by atomic mass is 16.5. The number of rotatable bonds is 18. The molecule has 0 amide bonds. The van der Waals surface area contributed by atoms with E-state index < -0.39 is 0 Å². The first-order valence-electron chi connectivity index (χ1n) is 18.5. The molecule has 3 fully saturated rings. The van der Waals surface area contributed by atoms with E-state index in [4.69, 9.17) is 14.2 Å². The van der Waals surface area contributed by atoms with Gasteiger partial charge < -0.3 is 24.4 Å². The Morgan fingerprint density at radius 3 is 1.96 bits per heavy atom. The van der Waals surface area contributed by atoms with Gasteiger partial charge in [-0.05, 0) is 131 Å². The molecule has 7 atom stereocenters. The minimum absolute atomic E-state index is 0.0449. The third-order valence-electron chi connectivity index (χ3n) is 11.7. The van der Waals surface area contributed by atoms with Gasteiger partial charge in [0.2, 0.25) is 0 Å². The van der Waals surface area contributed by atoms with Crippen LogP contribution in [0.15, 0.2) is 12.2 Å². The summed E-state index contributed by atoms with van der Waals surface area (Å²) >= 11 is 0. The lowest BCUT2D eigenvalue weighted by Gasteiger charge is -2.49. The Hall–Kier alpha value is -1.44. The highest BCUT2D eigenvalue weighted by Crippen LogP contribution is 2.51. The molecule has 3 aliphatic carbocycles. The summed E-state index contributed by atoms with van der Waals surface area (Å²) in [6, 6.07) is 0. The average Bonchev–Trinajstić information content (AvgIpc) is 3.03. The summed E-state index contributed by atoms with van der Waals surface area (Å²) in [7, 11) is 0. The van der Waals surface area contributed by atoms with Crippen LogP contribution in [0.5, 0.6) is 0 Å². The van der Waals surface area contributed by atoms with Gasteiger partial charge in [-0.3, -0.25) is 4.79 Å². The van der Waals surface area contributed by atoms with Gasteiger partial charge in [0.25, 0.3) is 0 Å². The SMILES string of the molecule is C=C(C)C(=O)OCCCC1CC(C2CCC(C3CCC(C)CC3)CC2C)CC(CCCOC(=O)CC)C1OCCC(CO)CO. The summed E-state index contributed by atoms with van der Waals surface area (Å²) in [5.74, 6) is 4.85. The maximum atomic E-state index is 12.0. The summed E-state index contributed by atoms with van der Waals surface area (Å²) in [6.45, 7) is 13.4. The molecule has 0 aromatic heterocycles. The van der Waals surface area contributed by atoms with E-state index in [0.29, 0.717) is 56.0 Å². The molecule has 260 valence electrons. The third kappa shape index (κ3) is 12.3. The van der Waals surface area contributed by atoms with Gasteiger partial charge in [-0.2, -0.15) is 0 Å². The first-order chi connectivity index (χ1) is 21.7. The van der Waals surface area contributed by atoms with E-state index in [1.165, 1.54) is 44.9 Å². The molecule has 0 aliphatic heterocycles. The molecule has 3 aliphatic rings. The third-order valence-corrected chi connectivity index (χ3v) is 11.7. The number of hydrogen-bond donors (Lipinski definition) is 2. The second-order valence-electron chi connectivity index (χ2n) is 15.1. The van der Waals surface area contributed by atoms with Crippen molar-refractivity contribution >= 4 is 11.9 Å². The Bertz CT molecular complexity index is 877. The predicted molar refractivity (Wildman–Crippen MR) is 178 cm³/mol. The highest BCUT2D eigenvalue weighted by molar-refractivity contribution is 5.86. The van der Waals surface area contributed by atoms with E-state index in [1.807, 2.05) is 6.92 Å². The van der Waals surface area contributed by atoms with Gasteiger partial charge in [-0.15, -0.1) is 0 Å². The molecule has 7 heteroatoms. The van der Waals surface area contributed by atoms with Gasteiger partial charge in [0.1, 0.15) is 0 Å². The fraction of sp³-hybridized carbons (Fsp3) is 0.895. The van der Waals surface area contributed by atoms with Gasteiger partial charge in [0, 0.05) is 37.7 Å². The number of ether oxygens (including phenoxy) is 3. The molecule has 2 N–H and O–H groups in total. The van der Waals surface area contributed by atoms with Crippen molar-refractivity contribution in [1.29, 1.82) is 0 Å². The molecule has 0 heterocycles. The fourth-order valence-corrected chi connectivity index (χ4v) is 8.94. The Morgan fingerprint density at radius 2 is 1.40 bits per heavy atom. The number of carbonyl (C=O) groups is 2. The smallest absolute Gasteiger partial charge is 0.333 e. The average molecular weight is 635 g/mol. The zero-order chi connectivity index (χ0) is 32.8. The van der Waals surface area contributed by atoms with Crippen molar-refractivity contribution in [2.24, 2.45) is 53.3 Å². The number of aliphatic hydroxyl groups excluding tert-OH is 2. The molecule has 0 aromatic rings. The van der Waals surface area contributed by atoms with Crippen molar-refractivity contribution in [2.45, 2.75) is 130 Å². The van der Waals surface area contributed by atoms with E-state index in [1.54, 1.807) is 6.92 Å². The second-order valence-corrected chi connectivity index (χ2v) is 15.1. The second kappa shape index (κ2) is 20.0. The predicted octanol–water partition coefficient (Wildman–Crippen LogP) is 7.52. The minimum atomic E-state index is -0.333. The zero-order valence-corrected chi connectivity index (χ0v) is 29.1. The standard InChI is InChI=1S/C38H66O7/c1-6-36(41)43-18-7-9-32-22-34(35-16-15-31(21-28(35)5)30-13-11-27(4)12-14-30)23-33(10-8-19-45-38(42)26(2)3)37(32)44-20-17-29(24-39)25-40/h27-35,37,39-40H,2,6-25H2,1,3-5H3. The van der Waals surface area contributed by atoms with E-state index in [0.717, 1.165) is 68.1 Å². The quantitative estimate of drug-likeness (QED) is 0.0914. The summed E-state index contributed by atoms with van der Waals surface area (Å²) < 4.78 is 17.6. The molecule has 0 aromatic carbocycles. The Kier molecular flexibility index (Phi) is 16.9. The van der Waals surface area contributed by atoms with Crippen LogP contribution in [0.1, 0.15) is 124 Å². The normalized spacial score (nSPS) is 32.3. The number of carbonyl (C=O) groups excluding carboxylic acids is 2. The summed E-state index contributed by atoms with van der Waals surface area (Å²) in [5.41, 5.74) is 0.424. The van der Waals surface area contributed by atoms with Gasteiger partial charge in [-0.25, -0.2) is 4.79 Å². The van der Waals surface area contributed by atoms with E-state index in [9.17, 15) is 19.8 Å². The van der Waals surface area contributed by atoms with E-state index in [2.05, 4.69) is 20.4 Å². The molecule has 7 nitrogen and oxygen atoms in total. The van der Waals surface area contributed by atoms with Crippen molar-refractivity contribution in [3.8, 4) is 0 Å². The van der Waals surface area contributed by atoms with Crippen molar-refractivity contribution in [1.82, 2.24) is 0 Å². The maximum Gasteiger partial charge on any atom is 0.333 e. The van der Waals surface area contributed by atoms with Crippen molar-refractivity contribution < 1.29 is 34.0 Å². The molecule has 3 rings (SSSR count). The first kappa shape index (κ1) is 38.0. The maximum absolute atomic E-state index is 12.0. The Balaban J connectivity index is 1.71. The summed E-state index contributed by atoms with van der Waals surface area (Å²) in [4.78, 5) is 23.8. The van der Waals surface area contributed by atoms with Crippen LogP contribution < -0.4 is 0 Å². The molecule has 0 spiro atoms. The molecule has 45 heavy (non-hydrogen) atoms. The number of hydrogen-bond acceptors (Lipinski definition) is 7. The van der Waals surface area contributed by atoms with Crippen LogP contribution >= 0.6 is 0 Å². The summed E-state index contributed by atoms with van der Waals surface area (Å²) in [6.07, 6.45) is 16.5. The van der Waals surface area contributed by atoms with Crippen LogP contribution in [-0.4, -0.2) is 61.3 Å². The van der Waals surface area contributed by atoms with Crippen LogP contribution in [0.3, 0.4) is 0 Å². The topological polar surface area (TPSA) is 102 Å². The van der Waals surface area contributed by atoms with Crippen LogP contribution in [0.25, 0.3) is 0 Å². The van der Waals surface area contributed by atoms with Crippen molar-refractivity contribution in [3.63, 3.8) is 0 Å². The first-order valence-corrected chi connectivity index (χ1v) is 18.5. The Morgan fingerprint density at radius 1 is 0.800 bits per heavy atom. The molecular weight excluding hydrogens is 568 g/mol. The molecule has 0 bridgehead atoms. The number of esters is 2. The lowest BCUT2D eigenvalue weighted by Crippen LogP contribution is -2.44. The molecule has 0 radical (unpaired) electrons. The van der Waals surface area contributed by atoms with Gasteiger partial charge in [-0.1, -0.05) is 40.2 Å². The van der Waals surface area contributed by atoms with Crippen LogP contribution in [0.2, 0.25) is 0 Å². The van der Waals surface area contributed by atoms with Gasteiger partial charge in [0.05, 0.1) is 19.3 Å². The molecule has 0 saturated heterocycles. The van der Waals surface area contributed by atoms with Crippen molar-refractivity contribution in [3.05, 3.63) is 12.2 Å². The van der Waals surface area contributed by atoms with Crippen LogP contribution in [-0.2, 0) is 23.8 Å². The Labute approximate surface area is 274 Å². The van der Waals surface area contributed by atoms with E-state index >= 15 is 0 Å². The monoisotopic (exact) mass is 634 g/mol. The number of aliphatic hydroxyl groups is 2. The van der Waals surface area contributed by atoms with Crippen molar-refractivity contribution in [2.75, 3.05) is 33.0 Å². The fourth-order valence-electron chi connectivity index (χ4n) is 8.94. The van der Waals surface area contributed by atoms with Crippen LogP contribution in [0, 0.1) is 53.3 Å².